The van der Waals surface area contributed by atoms with E-state index in [0.717, 1.165) is 32.6 Å². The van der Waals surface area contributed by atoms with Crippen molar-refractivity contribution >= 4 is 5.91 Å². The van der Waals surface area contributed by atoms with Gasteiger partial charge in [0.25, 0.3) is 0 Å². The van der Waals surface area contributed by atoms with E-state index >= 15 is 0 Å². The van der Waals surface area contributed by atoms with Crippen LogP contribution in [0.2, 0.25) is 0 Å². The molecule has 1 heterocycles. The van der Waals surface area contributed by atoms with Crippen LogP contribution in [-0.2, 0) is 4.79 Å². The van der Waals surface area contributed by atoms with Crippen LogP contribution < -0.4 is 5.73 Å². The number of carbonyl (C=O) groups excluding carboxylic acids is 1. The van der Waals surface area contributed by atoms with Gasteiger partial charge in [-0.2, -0.15) is 0 Å². The number of hydrogen-bond donors (Lipinski definition) is 1. The lowest BCUT2D eigenvalue weighted by molar-refractivity contribution is -0.134. The van der Waals surface area contributed by atoms with Crippen LogP contribution in [0.4, 0.5) is 0 Å². The highest BCUT2D eigenvalue weighted by Gasteiger charge is 2.27. The molecule has 0 bridgehead atoms. The molecule has 1 aliphatic heterocycles. The lowest BCUT2D eigenvalue weighted by Crippen LogP contribution is -2.48. The molecule has 18 heavy (non-hydrogen) atoms. The highest BCUT2D eigenvalue weighted by Crippen LogP contribution is 2.25. The number of nitrogens with two attached hydrogens (primary N) is 1. The summed E-state index contributed by atoms with van der Waals surface area (Å²) in [5, 5.41) is 0. The Morgan fingerprint density at radius 1 is 1.17 bits per heavy atom. The molecule has 0 atom stereocenters. The molecular formula is C14H27N3O. The van der Waals surface area contributed by atoms with Crippen molar-refractivity contribution in [3.8, 4) is 0 Å². The van der Waals surface area contributed by atoms with Gasteiger partial charge in [-0.25, -0.2) is 0 Å². The summed E-state index contributed by atoms with van der Waals surface area (Å²) in [6, 6.07) is 0.644. The second-order valence-corrected chi connectivity index (χ2v) is 5.64. The standard InChI is InChI=1S/C14H27N3O/c15-8-5-11-17(13-6-4-7-13)12-14(18)16-9-2-1-3-10-16/h13H,1-12,15H2. The minimum Gasteiger partial charge on any atom is -0.342 e. The van der Waals surface area contributed by atoms with E-state index in [1.54, 1.807) is 0 Å². The smallest absolute Gasteiger partial charge is 0.236 e. The molecule has 4 heteroatoms. The molecule has 0 spiro atoms. The van der Waals surface area contributed by atoms with E-state index in [1.807, 2.05) is 0 Å². The molecule has 1 aliphatic carbocycles. The molecule has 0 aromatic carbocycles. The van der Waals surface area contributed by atoms with E-state index in [1.165, 1.54) is 38.5 Å². The molecule has 0 radical (unpaired) electrons. The third-order valence-electron chi connectivity index (χ3n) is 4.29. The molecule has 0 unspecified atom stereocenters. The van der Waals surface area contributed by atoms with Gasteiger partial charge in [0, 0.05) is 25.7 Å². The maximum Gasteiger partial charge on any atom is 0.236 e. The fourth-order valence-corrected chi connectivity index (χ4v) is 2.85. The van der Waals surface area contributed by atoms with Crippen LogP contribution in [0.3, 0.4) is 0 Å². The van der Waals surface area contributed by atoms with Crippen molar-refractivity contribution in [3.63, 3.8) is 0 Å². The normalized spacial score (nSPS) is 21.1. The van der Waals surface area contributed by atoms with Crippen LogP contribution in [0.15, 0.2) is 0 Å². The average Bonchev–Trinajstić information content (AvgIpc) is 2.34. The Labute approximate surface area is 110 Å². The van der Waals surface area contributed by atoms with Gasteiger partial charge in [-0.3, -0.25) is 9.69 Å². The third-order valence-corrected chi connectivity index (χ3v) is 4.29. The maximum absolute atomic E-state index is 12.3. The van der Waals surface area contributed by atoms with E-state index in [-0.39, 0.29) is 0 Å². The second-order valence-electron chi connectivity index (χ2n) is 5.64. The monoisotopic (exact) mass is 253 g/mol. The number of amides is 1. The number of piperidine rings is 1. The molecule has 0 aromatic rings. The minimum atomic E-state index is 0.332. The van der Waals surface area contributed by atoms with Crippen LogP contribution in [-0.4, -0.2) is 54.5 Å². The Kier molecular flexibility index (Phi) is 5.45. The van der Waals surface area contributed by atoms with Crippen LogP contribution in [0.1, 0.15) is 44.9 Å². The van der Waals surface area contributed by atoms with Crippen molar-refractivity contribution in [2.45, 2.75) is 51.0 Å². The fraction of sp³-hybridized carbons (Fsp3) is 0.929. The van der Waals surface area contributed by atoms with E-state index < -0.39 is 0 Å². The summed E-state index contributed by atoms with van der Waals surface area (Å²) in [4.78, 5) is 16.7. The highest BCUT2D eigenvalue weighted by atomic mass is 16.2. The molecule has 4 nitrogen and oxygen atoms in total. The maximum atomic E-state index is 12.3. The van der Waals surface area contributed by atoms with Gasteiger partial charge in [0.15, 0.2) is 0 Å². The largest absolute Gasteiger partial charge is 0.342 e. The predicted molar refractivity (Wildman–Crippen MR) is 73.3 cm³/mol. The van der Waals surface area contributed by atoms with E-state index in [0.29, 0.717) is 18.5 Å². The Balaban J connectivity index is 1.80. The Hall–Kier alpha value is -0.610. The third kappa shape index (κ3) is 3.69. The number of hydrogen-bond acceptors (Lipinski definition) is 3. The summed E-state index contributed by atoms with van der Waals surface area (Å²) in [6.45, 7) is 4.26. The summed E-state index contributed by atoms with van der Waals surface area (Å²) in [6.07, 6.45) is 8.49. The summed E-state index contributed by atoms with van der Waals surface area (Å²) < 4.78 is 0. The van der Waals surface area contributed by atoms with Crippen molar-refractivity contribution in [1.29, 1.82) is 0 Å². The molecule has 104 valence electrons. The van der Waals surface area contributed by atoms with Gasteiger partial charge in [0.1, 0.15) is 0 Å². The van der Waals surface area contributed by atoms with E-state index in [4.69, 9.17) is 5.73 Å². The summed E-state index contributed by atoms with van der Waals surface area (Å²) in [5.41, 5.74) is 5.59. The Morgan fingerprint density at radius 3 is 2.44 bits per heavy atom. The van der Waals surface area contributed by atoms with Gasteiger partial charge >= 0.3 is 0 Å². The zero-order valence-electron chi connectivity index (χ0n) is 11.4. The number of nitrogens with zero attached hydrogens (tertiary/aromatic N) is 2. The van der Waals surface area contributed by atoms with Crippen LogP contribution in [0.5, 0.6) is 0 Å². The fourth-order valence-electron chi connectivity index (χ4n) is 2.85. The van der Waals surface area contributed by atoms with Gasteiger partial charge in [0.2, 0.25) is 5.91 Å². The number of carbonyl (C=O) groups is 1. The molecule has 2 aliphatic rings. The van der Waals surface area contributed by atoms with Crippen LogP contribution in [0.25, 0.3) is 0 Å². The highest BCUT2D eigenvalue weighted by molar-refractivity contribution is 5.78. The lowest BCUT2D eigenvalue weighted by atomic mass is 9.91. The van der Waals surface area contributed by atoms with E-state index in [9.17, 15) is 4.79 Å². The van der Waals surface area contributed by atoms with Gasteiger partial charge in [-0.05, 0) is 45.1 Å². The molecule has 2 rings (SSSR count). The first-order chi connectivity index (χ1) is 8.81. The average molecular weight is 253 g/mol. The molecule has 0 aromatic heterocycles. The second kappa shape index (κ2) is 7.10. The van der Waals surface area contributed by atoms with Gasteiger partial charge in [-0.1, -0.05) is 6.42 Å². The lowest BCUT2D eigenvalue weighted by Gasteiger charge is -2.38. The van der Waals surface area contributed by atoms with E-state index in [2.05, 4.69) is 9.80 Å². The first-order valence-corrected chi connectivity index (χ1v) is 7.53. The molecule has 1 saturated carbocycles. The first-order valence-electron chi connectivity index (χ1n) is 7.53. The molecule has 2 N–H and O–H groups in total. The SMILES string of the molecule is NCCCN(CC(=O)N1CCCCC1)C1CCC1. The van der Waals surface area contributed by atoms with Crippen molar-refractivity contribution in [2.75, 3.05) is 32.7 Å². The van der Waals surface area contributed by atoms with Crippen molar-refractivity contribution in [3.05, 3.63) is 0 Å². The van der Waals surface area contributed by atoms with Crippen molar-refractivity contribution in [2.24, 2.45) is 5.73 Å². The van der Waals surface area contributed by atoms with Gasteiger partial charge < -0.3 is 10.6 Å². The number of rotatable bonds is 6. The van der Waals surface area contributed by atoms with Crippen LogP contribution >= 0.6 is 0 Å². The summed E-state index contributed by atoms with van der Waals surface area (Å²) in [5.74, 6) is 0.332. The van der Waals surface area contributed by atoms with Gasteiger partial charge in [0.05, 0.1) is 6.54 Å². The van der Waals surface area contributed by atoms with Crippen LogP contribution in [0, 0.1) is 0 Å². The zero-order chi connectivity index (χ0) is 12.8. The Bertz CT molecular complexity index is 260. The predicted octanol–water partition coefficient (Wildman–Crippen LogP) is 1.20. The summed E-state index contributed by atoms with van der Waals surface area (Å²) >= 11 is 0. The first kappa shape index (κ1) is 13.8. The molecule has 2 fully saturated rings. The topological polar surface area (TPSA) is 49.6 Å². The Morgan fingerprint density at radius 2 is 1.89 bits per heavy atom. The number of likely N-dealkylation sites (tertiary alicyclic amines) is 1. The molecular weight excluding hydrogens is 226 g/mol. The molecule has 1 amide bonds. The van der Waals surface area contributed by atoms with Crippen molar-refractivity contribution < 1.29 is 4.79 Å². The summed E-state index contributed by atoms with van der Waals surface area (Å²) in [7, 11) is 0. The quantitative estimate of drug-likeness (QED) is 0.774. The minimum absolute atomic E-state index is 0.332. The zero-order valence-corrected chi connectivity index (χ0v) is 11.4. The van der Waals surface area contributed by atoms with Crippen molar-refractivity contribution in [1.82, 2.24) is 9.80 Å². The van der Waals surface area contributed by atoms with Gasteiger partial charge in [-0.15, -0.1) is 0 Å². The molecule has 1 saturated heterocycles.